The highest BCUT2D eigenvalue weighted by Crippen LogP contribution is 2.44. The number of hydrogen-bond donors (Lipinski definition) is 0. The Bertz CT molecular complexity index is 1300. The predicted octanol–water partition coefficient (Wildman–Crippen LogP) is 6.79. The van der Waals surface area contributed by atoms with Crippen LogP contribution >= 0.6 is 45.8 Å². The average molecular weight is 713 g/mol. The number of carbonyl (C=O) groups excluding carboxylic acids is 3. The number of rotatable bonds is 11. The summed E-state index contributed by atoms with van der Waals surface area (Å²) in [7, 11) is 1.61. The van der Waals surface area contributed by atoms with E-state index in [1.54, 1.807) is 7.11 Å². The van der Waals surface area contributed by atoms with Crippen molar-refractivity contribution < 1.29 is 23.9 Å². The van der Waals surface area contributed by atoms with Crippen LogP contribution in [0.4, 0.5) is 0 Å². The minimum Gasteiger partial charge on any atom is -0.493 e. The van der Waals surface area contributed by atoms with Gasteiger partial charge in [0.05, 0.1) is 23.7 Å². The normalized spacial score (nSPS) is 22.4. The summed E-state index contributed by atoms with van der Waals surface area (Å²) in [5.74, 6) is 1.61. The van der Waals surface area contributed by atoms with Gasteiger partial charge in [0.25, 0.3) is 0 Å². The van der Waals surface area contributed by atoms with E-state index < -0.39 is 0 Å². The van der Waals surface area contributed by atoms with E-state index in [9.17, 15) is 14.4 Å². The van der Waals surface area contributed by atoms with Crippen LogP contribution in [0.25, 0.3) is 0 Å². The second kappa shape index (κ2) is 13.6. The first-order valence-electron chi connectivity index (χ1n) is 14.3. The van der Waals surface area contributed by atoms with Crippen LogP contribution in [0.2, 0.25) is 10.0 Å². The van der Waals surface area contributed by atoms with Gasteiger partial charge in [0.1, 0.15) is 6.61 Å². The number of carbonyl (C=O) groups is 3. The molecule has 2 amide bonds. The van der Waals surface area contributed by atoms with Gasteiger partial charge in [0.2, 0.25) is 11.8 Å². The smallest absolute Gasteiger partial charge is 0.229 e. The van der Waals surface area contributed by atoms with Crippen molar-refractivity contribution in [2.75, 3.05) is 26.8 Å². The Labute approximate surface area is 265 Å². The summed E-state index contributed by atoms with van der Waals surface area (Å²) < 4.78 is 11.9. The first kappa shape index (κ1) is 30.6. The van der Waals surface area contributed by atoms with E-state index in [1.165, 1.54) is 10.5 Å². The molecule has 2 fully saturated rings. The van der Waals surface area contributed by atoms with Crippen LogP contribution in [-0.4, -0.2) is 52.2 Å². The monoisotopic (exact) mass is 712 g/mol. The van der Waals surface area contributed by atoms with E-state index in [2.05, 4.69) is 11.0 Å². The lowest BCUT2D eigenvalue weighted by molar-refractivity contribution is -0.138. The summed E-state index contributed by atoms with van der Waals surface area (Å²) in [6, 6.07) is 10.2. The van der Waals surface area contributed by atoms with Crippen LogP contribution in [0, 0.1) is 11.8 Å². The number of imide groups is 1. The van der Waals surface area contributed by atoms with Crippen molar-refractivity contribution in [1.82, 2.24) is 9.80 Å². The molecule has 2 aromatic carbocycles. The van der Waals surface area contributed by atoms with Gasteiger partial charge in [-0.2, -0.15) is 0 Å². The second-order valence-corrected chi connectivity index (χ2v) is 13.1. The van der Waals surface area contributed by atoms with E-state index in [4.69, 9.17) is 32.7 Å². The van der Waals surface area contributed by atoms with Crippen molar-refractivity contribution >= 4 is 61.4 Å². The number of ether oxygens (including phenoxy) is 2. The summed E-state index contributed by atoms with van der Waals surface area (Å²) in [5, 5.41) is 1.26. The third-order valence-electron chi connectivity index (χ3n) is 8.70. The number of halogens is 3. The standard InChI is InChI=1S/C31H35Cl2IN2O5/c1-40-27-16-20(4-11-26(27)41-15-14-36-28(37)12-13-29(36)38)18-35(17-19-2-5-21(6-3-19)31(34)39)25-10-8-23-22(25)7-9-24(32)30(23)33/h4,7,9,11,16,19,21,25H,2-3,5-6,8,10,12-15,17-18H2,1H3/t19?,21?,25-/m0/s1. The molecule has 220 valence electrons. The predicted molar refractivity (Wildman–Crippen MR) is 167 cm³/mol. The summed E-state index contributed by atoms with van der Waals surface area (Å²) in [6.45, 7) is 2.10. The molecule has 0 aromatic heterocycles. The van der Waals surface area contributed by atoms with E-state index >= 15 is 0 Å². The fourth-order valence-electron chi connectivity index (χ4n) is 6.48. The molecule has 2 aromatic rings. The minimum atomic E-state index is -0.146. The number of likely N-dealkylation sites (tertiary alicyclic amines) is 1. The molecular formula is C31H35Cl2IN2O5. The van der Waals surface area contributed by atoms with Gasteiger partial charge in [-0.05, 0) is 102 Å². The lowest BCUT2D eigenvalue weighted by Crippen LogP contribution is -2.34. The average Bonchev–Trinajstić information content (AvgIpc) is 3.54. The van der Waals surface area contributed by atoms with Crippen molar-refractivity contribution in [1.29, 1.82) is 0 Å². The van der Waals surface area contributed by atoms with Crippen LogP contribution in [0.15, 0.2) is 30.3 Å². The fourth-order valence-corrected chi connectivity index (χ4v) is 7.55. The lowest BCUT2D eigenvalue weighted by atomic mass is 9.82. The summed E-state index contributed by atoms with van der Waals surface area (Å²) in [5.41, 5.74) is 3.49. The molecule has 1 aliphatic heterocycles. The molecule has 5 rings (SSSR count). The maximum atomic E-state index is 11.9. The van der Waals surface area contributed by atoms with Crippen LogP contribution in [0.1, 0.15) is 67.7 Å². The van der Waals surface area contributed by atoms with Gasteiger partial charge in [0, 0.05) is 37.9 Å². The van der Waals surface area contributed by atoms with E-state index in [1.807, 2.05) is 46.9 Å². The van der Waals surface area contributed by atoms with Gasteiger partial charge in [-0.15, -0.1) is 0 Å². The molecule has 1 atom stereocenters. The van der Waals surface area contributed by atoms with Crippen LogP contribution in [-0.2, 0) is 27.3 Å². The molecule has 2 aliphatic carbocycles. The SMILES string of the molecule is COc1cc(CN(CC2CCC(C(=O)I)CC2)[C@H]2CCc3c2ccc(Cl)c3Cl)ccc1OCCN1C(=O)CCC1=O. The van der Waals surface area contributed by atoms with E-state index in [0.717, 1.165) is 62.7 Å². The van der Waals surface area contributed by atoms with Crippen molar-refractivity contribution in [3.8, 4) is 11.5 Å². The molecule has 10 heteroatoms. The van der Waals surface area contributed by atoms with Crippen molar-refractivity contribution in [2.24, 2.45) is 11.8 Å². The molecule has 0 spiro atoms. The number of benzene rings is 2. The molecule has 7 nitrogen and oxygen atoms in total. The van der Waals surface area contributed by atoms with Crippen molar-refractivity contribution in [3.05, 3.63) is 57.1 Å². The van der Waals surface area contributed by atoms with Gasteiger partial charge in [-0.3, -0.25) is 24.2 Å². The van der Waals surface area contributed by atoms with E-state index in [0.29, 0.717) is 27.5 Å². The Hall–Kier alpha value is -1.88. The highest BCUT2D eigenvalue weighted by atomic mass is 127. The largest absolute Gasteiger partial charge is 0.493 e. The summed E-state index contributed by atoms with van der Waals surface area (Å²) in [4.78, 5) is 39.5. The quantitative estimate of drug-likeness (QED) is 0.145. The van der Waals surface area contributed by atoms with Crippen LogP contribution in [0.3, 0.4) is 0 Å². The Morgan fingerprint density at radius 1 is 1.00 bits per heavy atom. The third kappa shape index (κ3) is 7.03. The van der Waals surface area contributed by atoms with Crippen LogP contribution in [0.5, 0.6) is 11.5 Å². The topological polar surface area (TPSA) is 76.2 Å². The maximum Gasteiger partial charge on any atom is 0.229 e. The molecule has 41 heavy (non-hydrogen) atoms. The second-order valence-electron chi connectivity index (χ2n) is 11.2. The molecule has 0 unspecified atom stereocenters. The van der Waals surface area contributed by atoms with Gasteiger partial charge in [0.15, 0.2) is 15.3 Å². The van der Waals surface area contributed by atoms with Crippen molar-refractivity contribution in [2.45, 2.75) is 64.0 Å². The molecule has 0 bridgehead atoms. The number of methoxy groups -OCH3 is 1. The third-order valence-corrected chi connectivity index (χ3v) is 10.4. The zero-order chi connectivity index (χ0) is 29.1. The molecule has 0 N–H and O–H groups in total. The molecular weight excluding hydrogens is 678 g/mol. The first-order chi connectivity index (χ1) is 19.7. The molecule has 1 heterocycles. The van der Waals surface area contributed by atoms with Gasteiger partial charge in [-0.1, -0.05) is 35.3 Å². The van der Waals surface area contributed by atoms with E-state index in [-0.39, 0.29) is 53.6 Å². The summed E-state index contributed by atoms with van der Waals surface area (Å²) >= 11 is 14.9. The Balaban J connectivity index is 1.31. The number of nitrogens with zero attached hydrogens (tertiary/aromatic N) is 2. The number of hydrogen-bond acceptors (Lipinski definition) is 6. The molecule has 1 saturated carbocycles. The minimum absolute atomic E-state index is 0.146. The molecule has 1 saturated heterocycles. The van der Waals surface area contributed by atoms with Crippen LogP contribution < -0.4 is 9.47 Å². The zero-order valence-electron chi connectivity index (χ0n) is 23.2. The van der Waals surface area contributed by atoms with Gasteiger partial charge < -0.3 is 9.47 Å². The Morgan fingerprint density at radius 2 is 1.73 bits per heavy atom. The fraction of sp³-hybridized carbons (Fsp3) is 0.516. The molecule has 3 aliphatic rings. The number of fused-ring (bicyclic) bond motifs is 1. The highest BCUT2D eigenvalue weighted by molar-refractivity contribution is 14.1. The highest BCUT2D eigenvalue weighted by Gasteiger charge is 2.33. The lowest BCUT2D eigenvalue weighted by Gasteiger charge is -2.36. The Morgan fingerprint density at radius 3 is 2.41 bits per heavy atom. The van der Waals surface area contributed by atoms with Crippen molar-refractivity contribution in [3.63, 3.8) is 0 Å². The van der Waals surface area contributed by atoms with Gasteiger partial charge >= 0.3 is 0 Å². The summed E-state index contributed by atoms with van der Waals surface area (Å²) in [6.07, 6.45) is 6.43. The zero-order valence-corrected chi connectivity index (χ0v) is 26.8. The number of amides is 2. The first-order valence-corrected chi connectivity index (χ1v) is 16.1. The Kier molecular flexibility index (Phi) is 10.2. The molecule has 0 radical (unpaired) electrons. The maximum absolute atomic E-state index is 11.9. The van der Waals surface area contributed by atoms with Gasteiger partial charge in [-0.25, -0.2) is 0 Å².